The molecule has 0 spiro atoms. The number of hydrogen-bond acceptors (Lipinski definition) is 3. The SMILES string of the molecule is CCN(CCO)Cc1ccn(C(C)C)n1. The molecule has 0 atom stereocenters. The molecular formula is C11H21N3O. The van der Waals surface area contributed by atoms with E-state index < -0.39 is 0 Å². The standard InChI is InChI=1S/C11H21N3O/c1-4-13(7-8-15)9-11-5-6-14(12-11)10(2)3/h5-6,10,15H,4,7-9H2,1-3H3. The van der Waals surface area contributed by atoms with Crippen LogP contribution in [0.3, 0.4) is 0 Å². The lowest BCUT2D eigenvalue weighted by Crippen LogP contribution is -2.26. The maximum atomic E-state index is 8.87. The molecule has 0 fully saturated rings. The van der Waals surface area contributed by atoms with Gasteiger partial charge in [-0.05, 0) is 26.5 Å². The Morgan fingerprint density at radius 1 is 1.53 bits per heavy atom. The number of hydrogen-bond donors (Lipinski definition) is 1. The molecule has 4 nitrogen and oxygen atoms in total. The van der Waals surface area contributed by atoms with Crippen molar-refractivity contribution in [2.75, 3.05) is 19.7 Å². The molecule has 4 heteroatoms. The van der Waals surface area contributed by atoms with Crippen LogP contribution in [0.5, 0.6) is 0 Å². The van der Waals surface area contributed by atoms with Gasteiger partial charge in [0.1, 0.15) is 0 Å². The Labute approximate surface area is 91.5 Å². The largest absolute Gasteiger partial charge is 0.395 e. The topological polar surface area (TPSA) is 41.3 Å². The van der Waals surface area contributed by atoms with Crippen LogP contribution in [0.4, 0.5) is 0 Å². The first-order valence-corrected chi connectivity index (χ1v) is 5.54. The highest BCUT2D eigenvalue weighted by Crippen LogP contribution is 2.06. The van der Waals surface area contributed by atoms with E-state index in [0.717, 1.165) is 18.8 Å². The fraction of sp³-hybridized carbons (Fsp3) is 0.727. The molecule has 15 heavy (non-hydrogen) atoms. The lowest BCUT2D eigenvalue weighted by atomic mass is 10.4. The minimum absolute atomic E-state index is 0.207. The van der Waals surface area contributed by atoms with Gasteiger partial charge in [0.2, 0.25) is 0 Å². The lowest BCUT2D eigenvalue weighted by molar-refractivity contribution is 0.195. The van der Waals surface area contributed by atoms with E-state index in [2.05, 4.69) is 30.8 Å². The Hall–Kier alpha value is -0.870. The highest BCUT2D eigenvalue weighted by atomic mass is 16.3. The van der Waals surface area contributed by atoms with Gasteiger partial charge in [0, 0.05) is 25.3 Å². The van der Waals surface area contributed by atoms with Crippen LogP contribution in [0.1, 0.15) is 32.5 Å². The minimum atomic E-state index is 0.207. The van der Waals surface area contributed by atoms with Gasteiger partial charge in [-0.15, -0.1) is 0 Å². The maximum absolute atomic E-state index is 8.87. The van der Waals surface area contributed by atoms with Crippen LogP contribution in [0.2, 0.25) is 0 Å². The molecule has 0 bridgehead atoms. The fourth-order valence-electron chi connectivity index (χ4n) is 1.47. The van der Waals surface area contributed by atoms with E-state index in [1.807, 2.05) is 16.9 Å². The zero-order chi connectivity index (χ0) is 11.3. The number of aliphatic hydroxyl groups is 1. The normalized spacial score (nSPS) is 11.6. The fourth-order valence-corrected chi connectivity index (χ4v) is 1.47. The predicted molar refractivity (Wildman–Crippen MR) is 60.6 cm³/mol. The van der Waals surface area contributed by atoms with Crippen molar-refractivity contribution < 1.29 is 5.11 Å². The van der Waals surface area contributed by atoms with E-state index in [-0.39, 0.29) is 6.61 Å². The highest BCUT2D eigenvalue weighted by Gasteiger charge is 2.06. The van der Waals surface area contributed by atoms with Gasteiger partial charge in [-0.2, -0.15) is 5.10 Å². The third-order valence-electron chi connectivity index (χ3n) is 2.44. The minimum Gasteiger partial charge on any atom is -0.395 e. The second kappa shape index (κ2) is 5.88. The van der Waals surface area contributed by atoms with E-state index in [1.54, 1.807) is 0 Å². The Kier molecular flexibility index (Phi) is 4.78. The Morgan fingerprint density at radius 3 is 2.73 bits per heavy atom. The Bertz CT molecular complexity index is 283. The molecular weight excluding hydrogens is 190 g/mol. The quantitative estimate of drug-likeness (QED) is 0.770. The van der Waals surface area contributed by atoms with Gasteiger partial charge in [0.25, 0.3) is 0 Å². The summed E-state index contributed by atoms with van der Waals surface area (Å²) in [4.78, 5) is 2.17. The average Bonchev–Trinajstić information content (AvgIpc) is 2.65. The number of likely N-dealkylation sites (N-methyl/N-ethyl adjacent to an activating group) is 1. The molecule has 86 valence electrons. The van der Waals surface area contributed by atoms with Gasteiger partial charge in [0.15, 0.2) is 0 Å². The molecule has 0 saturated carbocycles. The number of aliphatic hydroxyl groups excluding tert-OH is 1. The van der Waals surface area contributed by atoms with Gasteiger partial charge < -0.3 is 5.11 Å². The van der Waals surface area contributed by atoms with Crippen molar-refractivity contribution >= 4 is 0 Å². The molecule has 0 radical (unpaired) electrons. The average molecular weight is 211 g/mol. The molecule has 0 unspecified atom stereocenters. The van der Waals surface area contributed by atoms with E-state index >= 15 is 0 Å². The van der Waals surface area contributed by atoms with Crippen molar-refractivity contribution in [3.8, 4) is 0 Å². The van der Waals surface area contributed by atoms with Crippen LogP contribution in [-0.4, -0.2) is 39.5 Å². The molecule has 0 aliphatic carbocycles. The van der Waals surface area contributed by atoms with Gasteiger partial charge in [-0.1, -0.05) is 6.92 Å². The summed E-state index contributed by atoms with van der Waals surface area (Å²) < 4.78 is 1.96. The van der Waals surface area contributed by atoms with Crippen LogP contribution in [-0.2, 0) is 6.54 Å². The molecule has 1 rings (SSSR count). The summed E-state index contributed by atoms with van der Waals surface area (Å²) in [5, 5.41) is 13.3. The smallest absolute Gasteiger partial charge is 0.0764 e. The third kappa shape index (κ3) is 3.64. The first-order chi connectivity index (χ1) is 7.17. The predicted octanol–water partition coefficient (Wildman–Crippen LogP) is 1.28. The van der Waals surface area contributed by atoms with Crippen molar-refractivity contribution in [1.82, 2.24) is 14.7 Å². The maximum Gasteiger partial charge on any atom is 0.0764 e. The van der Waals surface area contributed by atoms with Crippen molar-refractivity contribution in [1.29, 1.82) is 0 Å². The Morgan fingerprint density at radius 2 is 2.27 bits per heavy atom. The van der Waals surface area contributed by atoms with E-state index in [4.69, 9.17) is 5.11 Å². The summed E-state index contributed by atoms with van der Waals surface area (Å²) in [6.07, 6.45) is 2.01. The summed E-state index contributed by atoms with van der Waals surface area (Å²) in [5.41, 5.74) is 1.07. The van der Waals surface area contributed by atoms with Crippen molar-refractivity contribution in [2.24, 2.45) is 0 Å². The summed E-state index contributed by atoms with van der Waals surface area (Å²) in [6, 6.07) is 2.45. The lowest BCUT2D eigenvalue weighted by Gasteiger charge is -2.17. The molecule has 0 aliphatic heterocycles. The van der Waals surface area contributed by atoms with E-state index in [9.17, 15) is 0 Å². The van der Waals surface area contributed by atoms with Crippen molar-refractivity contribution in [2.45, 2.75) is 33.4 Å². The van der Waals surface area contributed by atoms with Crippen LogP contribution >= 0.6 is 0 Å². The monoisotopic (exact) mass is 211 g/mol. The Balaban J connectivity index is 2.55. The summed E-state index contributed by atoms with van der Waals surface area (Å²) in [6.45, 7) is 8.99. The first kappa shape index (κ1) is 12.2. The molecule has 0 amide bonds. The second-order valence-corrected chi connectivity index (χ2v) is 3.97. The molecule has 1 heterocycles. The number of nitrogens with zero attached hydrogens (tertiary/aromatic N) is 3. The summed E-state index contributed by atoms with van der Waals surface area (Å²) in [7, 11) is 0. The zero-order valence-electron chi connectivity index (χ0n) is 9.85. The second-order valence-electron chi connectivity index (χ2n) is 3.97. The first-order valence-electron chi connectivity index (χ1n) is 5.54. The summed E-state index contributed by atoms with van der Waals surface area (Å²) in [5.74, 6) is 0. The van der Waals surface area contributed by atoms with E-state index in [0.29, 0.717) is 12.6 Å². The van der Waals surface area contributed by atoms with Crippen LogP contribution in [0.15, 0.2) is 12.3 Å². The molecule has 0 saturated heterocycles. The number of rotatable bonds is 6. The molecule has 1 aromatic rings. The van der Waals surface area contributed by atoms with Gasteiger partial charge in [-0.3, -0.25) is 9.58 Å². The zero-order valence-corrected chi connectivity index (χ0v) is 9.85. The molecule has 1 aromatic heterocycles. The number of aromatic nitrogens is 2. The third-order valence-corrected chi connectivity index (χ3v) is 2.44. The van der Waals surface area contributed by atoms with E-state index in [1.165, 1.54) is 0 Å². The molecule has 1 N–H and O–H groups in total. The molecule has 0 aliphatic rings. The molecule has 0 aromatic carbocycles. The van der Waals surface area contributed by atoms with Crippen molar-refractivity contribution in [3.05, 3.63) is 18.0 Å². The van der Waals surface area contributed by atoms with Crippen molar-refractivity contribution in [3.63, 3.8) is 0 Å². The van der Waals surface area contributed by atoms with Crippen LogP contribution in [0, 0.1) is 0 Å². The van der Waals surface area contributed by atoms with Crippen LogP contribution < -0.4 is 0 Å². The van der Waals surface area contributed by atoms with Gasteiger partial charge in [-0.25, -0.2) is 0 Å². The van der Waals surface area contributed by atoms with Gasteiger partial charge in [0.05, 0.1) is 12.3 Å². The summed E-state index contributed by atoms with van der Waals surface area (Å²) >= 11 is 0. The van der Waals surface area contributed by atoms with Gasteiger partial charge >= 0.3 is 0 Å². The van der Waals surface area contributed by atoms with Crippen LogP contribution in [0.25, 0.3) is 0 Å². The highest BCUT2D eigenvalue weighted by molar-refractivity contribution is 4.99.